The lowest BCUT2D eigenvalue weighted by Crippen LogP contribution is -2.57. The summed E-state index contributed by atoms with van der Waals surface area (Å²) in [6, 6.07) is 8.36. The third-order valence-electron chi connectivity index (χ3n) is 7.41. The predicted octanol–water partition coefficient (Wildman–Crippen LogP) is 1.18. The lowest BCUT2D eigenvalue weighted by atomic mass is 9.89. The summed E-state index contributed by atoms with van der Waals surface area (Å²) in [4.78, 5) is 31.6. The minimum absolute atomic E-state index is 0.0287. The largest absolute Gasteiger partial charge is 0.368 e. The molecule has 3 fully saturated rings. The van der Waals surface area contributed by atoms with Gasteiger partial charge in [-0.25, -0.2) is 15.4 Å². The molecule has 3 saturated heterocycles. The number of hydrogen-bond donors (Lipinski definition) is 4. The molecule has 0 bridgehead atoms. The molecule has 0 radical (unpaired) electrons. The van der Waals surface area contributed by atoms with Crippen molar-refractivity contribution in [2.75, 3.05) is 48.4 Å². The Morgan fingerprint density at radius 1 is 1.17 bits per heavy atom. The Morgan fingerprint density at radius 3 is 2.69 bits per heavy atom. The quantitative estimate of drug-likeness (QED) is 0.446. The number of carbonyl (C=O) groups excluding carboxylic acids is 1. The molecule has 5 heterocycles. The van der Waals surface area contributed by atoms with Crippen molar-refractivity contribution in [3.63, 3.8) is 0 Å². The number of carbonyl (C=O) groups is 1. The van der Waals surface area contributed by atoms with Gasteiger partial charge in [-0.05, 0) is 38.8 Å². The Hall–Kier alpha value is -3.02. The monoisotopic (exact) mass is 495 g/mol. The maximum atomic E-state index is 13.4. The Morgan fingerprint density at radius 2 is 2.00 bits per heavy atom. The van der Waals surface area contributed by atoms with Gasteiger partial charge in [-0.2, -0.15) is 4.98 Å². The summed E-state index contributed by atoms with van der Waals surface area (Å²) in [6.07, 6.45) is 4.95. The number of nitrogens with zero attached hydrogens (tertiary/aromatic N) is 5. The van der Waals surface area contributed by atoms with E-state index >= 15 is 0 Å². The first-order valence-corrected chi connectivity index (χ1v) is 12.8. The molecule has 11 heteroatoms. The average Bonchev–Trinajstić information content (AvgIpc) is 3.53. The van der Waals surface area contributed by atoms with Gasteiger partial charge in [-0.1, -0.05) is 6.07 Å². The molecule has 4 N–H and O–H groups in total. The van der Waals surface area contributed by atoms with E-state index in [1.807, 2.05) is 31.2 Å². The highest BCUT2D eigenvalue weighted by molar-refractivity contribution is 5.86. The van der Waals surface area contributed by atoms with Gasteiger partial charge in [-0.15, -0.1) is 0 Å². The van der Waals surface area contributed by atoms with Crippen molar-refractivity contribution in [2.45, 2.75) is 63.4 Å². The minimum atomic E-state index is -0.838. The van der Waals surface area contributed by atoms with Gasteiger partial charge in [0.15, 0.2) is 0 Å². The van der Waals surface area contributed by atoms with Gasteiger partial charge in [0.1, 0.15) is 17.2 Å². The summed E-state index contributed by atoms with van der Waals surface area (Å²) in [5.74, 6) is 2.40. The molecule has 11 nitrogen and oxygen atoms in total. The number of hydrogen-bond acceptors (Lipinski definition) is 10. The standard InChI is InChI=1S/C25H37N9O2/c1-17-14-20(29-21-15-18(2)31-32-21)30-24(27-17)33-12-8-25(36-3,9-13-33)23(35)28-19-7-11-34(16-19)22-6-4-5-10-26-22/h4-6,10,14,18-19,21,31-32H,7-9,11-13,15-16H2,1-3H3,(H,28,35)(H,27,29,30)/t18?,19-,21?/m1/s1. The lowest BCUT2D eigenvalue weighted by molar-refractivity contribution is -0.146. The van der Waals surface area contributed by atoms with Gasteiger partial charge in [0.2, 0.25) is 5.95 Å². The van der Waals surface area contributed by atoms with E-state index in [0.717, 1.165) is 43.3 Å². The fraction of sp³-hybridized carbons (Fsp3) is 0.600. The van der Waals surface area contributed by atoms with Crippen LogP contribution in [0.3, 0.4) is 0 Å². The molecule has 1 amide bonds. The molecule has 2 aromatic heterocycles. The summed E-state index contributed by atoms with van der Waals surface area (Å²) < 4.78 is 5.86. The molecular formula is C25H37N9O2. The number of aromatic nitrogens is 3. The van der Waals surface area contributed by atoms with Gasteiger partial charge in [0.25, 0.3) is 5.91 Å². The van der Waals surface area contributed by atoms with Crippen LogP contribution in [0, 0.1) is 6.92 Å². The summed E-state index contributed by atoms with van der Waals surface area (Å²) >= 11 is 0. The van der Waals surface area contributed by atoms with Crippen molar-refractivity contribution in [3.05, 3.63) is 36.2 Å². The molecule has 3 aliphatic rings. The number of nitrogens with one attached hydrogen (secondary N) is 4. The molecule has 36 heavy (non-hydrogen) atoms. The predicted molar refractivity (Wildman–Crippen MR) is 139 cm³/mol. The molecule has 3 atom stereocenters. The highest BCUT2D eigenvalue weighted by atomic mass is 16.5. The van der Waals surface area contributed by atoms with Crippen molar-refractivity contribution in [2.24, 2.45) is 0 Å². The van der Waals surface area contributed by atoms with Crippen LogP contribution < -0.4 is 31.3 Å². The third-order valence-corrected chi connectivity index (χ3v) is 7.41. The van der Waals surface area contributed by atoms with Crippen LogP contribution in [0.25, 0.3) is 0 Å². The fourth-order valence-electron chi connectivity index (χ4n) is 5.29. The van der Waals surface area contributed by atoms with Gasteiger partial charge in [-0.3, -0.25) is 10.2 Å². The smallest absolute Gasteiger partial charge is 0.252 e. The van der Waals surface area contributed by atoms with E-state index in [1.165, 1.54) is 0 Å². The normalized spacial score (nSPS) is 25.7. The minimum Gasteiger partial charge on any atom is -0.368 e. The van der Waals surface area contributed by atoms with E-state index in [2.05, 4.69) is 48.2 Å². The Balaban J connectivity index is 1.18. The summed E-state index contributed by atoms with van der Waals surface area (Å²) in [7, 11) is 1.64. The Bertz CT molecular complexity index is 1050. The van der Waals surface area contributed by atoms with E-state index in [0.29, 0.717) is 37.9 Å². The summed E-state index contributed by atoms with van der Waals surface area (Å²) in [5.41, 5.74) is 6.53. The summed E-state index contributed by atoms with van der Waals surface area (Å²) in [5, 5.41) is 6.70. The number of amides is 1. The molecule has 3 aliphatic heterocycles. The number of piperidine rings is 1. The SMILES string of the molecule is COC1(C(=O)N[C@@H]2CCN(c3ccccn3)C2)CCN(c2nc(C)cc(NC3CC(C)NN3)n2)CC1. The lowest BCUT2D eigenvalue weighted by Gasteiger charge is -2.40. The van der Waals surface area contributed by atoms with Gasteiger partial charge in [0.05, 0.1) is 6.17 Å². The van der Waals surface area contributed by atoms with E-state index in [1.54, 1.807) is 13.3 Å². The average molecular weight is 496 g/mol. The summed E-state index contributed by atoms with van der Waals surface area (Å²) in [6.45, 7) is 7.05. The van der Waals surface area contributed by atoms with Crippen molar-refractivity contribution in [1.29, 1.82) is 0 Å². The topological polar surface area (TPSA) is 120 Å². The Labute approximate surface area is 212 Å². The number of anilines is 3. The molecule has 0 saturated carbocycles. The first-order valence-electron chi connectivity index (χ1n) is 12.8. The van der Waals surface area contributed by atoms with Crippen LogP contribution in [0.1, 0.15) is 38.3 Å². The third kappa shape index (κ3) is 5.37. The van der Waals surface area contributed by atoms with Gasteiger partial charge >= 0.3 is 0 Å². The van der Waals surface area contributed by atoms with Crippen molar-refractivity contribution in [1.82, 2.24) is 31.1 Å². The van der Waals surface area contributed by atoms with E-state index in [9.17, 15) is 4.79 Å². The van der Waals surface area contributed by atoms with Crippen LogP contribution in [0.4, 0.5) is 17.6 Å². The van der Waals surface area contributed by atoms with Crippen LogP contribution in [0.2, 0.25) is 0 Å². The van der Waals surface area contributed by atoms with Crippen LogP contribution in [0.15, 0.2) is 30.5 Å². The maximum absolute atomic E-state index is 13.4. The van der Waals surface area contributed by atoms with E-state index in [4.69, 9.17) is 9.72 Å². The highest BCUT2D eigenvalue weighted by Gasteiger charge is 2.43. The van der Waals surface area contributed by atoms with E-state index in [-0.39, 0.29) is 18.1 Å². The van der Waals surface area contributed by atoms with E-state index < -0.39 is 5.60 Å². The van der Waals surface area contributed by atoms with Crippen LogP contribution in [0.5, 0.6) is 0 Å². The zero-order valence-corrected chi connectivity index (χ0v) is 21.3. The molecule has 0 aromatic carbocycles. The van der Waals surface area contributed by atoms with Gasteiger partial charge in [0, 0.05) is 76.2 Å². The second-order valence-electron chi connectivity index (χ2n) is 10.1. The van der Waals surface area contributed by atoms with Crippen LogP contribution in [-0.4, -0.2) is 78.0 Å². The number of rotatable bonds is 7. The number of aryl methyl sites for hydroxylation is 1. The first-order chi connectivity index (χ1) is 17.4. The van der Waals surface area contributed by atoms with Crippen LogP contribution >= 0.6 is 0 Å². The highest BCUT2D eigenvalue weighted by Crippen LogP contribution is 2.29. The zero-order valence-electron chi connectivity index (χ0n) is 21.3. The molecule has 0 aliphatic carbocycles. The molecule has 0 spiro atoms. The molecule has 5 rings (SSSR count). The van der Waals surface area contributed by atoms with Crippen LogP contribution in [-0.2, 0) is 9.53 Å². The number of ether oxygens (including phenoxy) is 1. The zero-order chi connectivity index (χ0) is 25.1. The van der Waals surface area contributed by atoms with Crippen molar-refractivity contribution in [3.8, 4) is 0 Å². The number of pyridine rings is 1. The Kier molecular flexibility index (Phi) is 7.22. The maximum Gasteiger partial charge on any atom is 0.252 e. The molecule has 2 aromatic rings. The van der Waals surface area contributed by atoms with Crippen molar-refractivity contribution < 1.29 is 9.53 Å². The second-order valence-corrected chi connectivity index (χ2v) is 10.1. The number of methoxy groups -OCH3 is 1. The first kappa shape index (κ1) is 24.7. The van der Waals surface area contributed by atoms with Crippen molar-refractivity contribution >= 4 is 23.5 Å². The molecule has 2 unspecified atom stereocenters. The molecular weight excluding hydrogens is 458 g/mol. The fourth-order valence-corrected chi connectivity index (χ4v) is 5.29. The second kappa shape index (κ2) is 10.5. The number of hydrazine groups is 1. The molecule has 194 valence electrons. The van der Waals surface area contributed by atoms with Gasteiger partial charge < -0.3 is 25.2 Å².